The molecule has 0 spiro atoms. The normalized spacial score (nSPS) is 15.4. The summed E-state index contributed by atoms with van der Waals surface area (Å²) in [4.78, 5) is 11.7. The van der Waals surface area contributed by atoms with Crippen molar-refractivity contribution in [1.29, 1.82) is 0 Å². The van der Waals surface area contributed by atoms with Gasteiger partial charge in [-0.3, -0.25) is 0 Å². The van der Waals surface area contributed by atoms with Gasteiger partial charge in [-0.05, 0) is 49.4 Å². The van der Waals surface area contributed by atoms with Crippen LogP contribution in [-0.2, 0) is 13.8 Å². The third-order valence-electron chi connectivity index (χ3n) is 2.72. The molecule has 0 amide bonds. The molecule has 0 bridgehead atoms. The summed E-state index contributed by atoms with van der Waals surface area (Å²) in [5.74, 6) is -0.0397. The zero-order valence-electron chi connectivity index (χ0n) is 9.85. The maximum atomic E-state index is 11.7. The van der Waals surface area contributed by atoms with E-state index in [-0.39, 0.29) is 10.5 Å². The summed E-state index contributed by atoms with van der Waals surface area (Å²) in [6.45, 7) is 2.10. The number of ether oxygens (including phenoxy) is 1. The lowest BCUT2D eigenvalue weighted by Crippen LogP contribution is -2.08. The van der Waals surface area contributed by atoms with Crippen LogP contribution in [0.1, 0.15) is 28.8 Å². The highest BCUT2D eigenvalue weighted by atomic mass is 35.7. The number of esters is 1. The Bertz CT molecular complexity index is 576. The van der Waals surface area contributed by atoms with Crippen LogP contribution in [0.3, 0.4) is 0 Å². The molecule has 98 valence electrons. The van der Waals surface area contributed by atoms with Gasteiger partial charge >= 0.3 is 5.97 Å². The van der Waals surface area contributed by atoms with Gasteiger partial charge in [-0.1, -0.05) is 0 Å². The van der Waals surface area contributed by atoms with Crippen LogP contribution in [0.25, 0.3) is 0 Å². The number of aryl methyl sites for hydroxylation is 1. The van der Waals surface area contributed by atoms with E-state index in [0.29, 0.717) is 18.1 Å². The second-order valence-electron chi connectivity index (χ2n) is 4.51. The minimum atomic E-state index is -3.84. The van der Waals surface area contributed by atoms with E-state index in [9.17, 15) is 13.2 Å². The first kappa shape index (κ1) is 13.4. The van der Waals surface area contributed by atoms with E-state index < -0.39 is 15.0 Å². The largest absolute Gasteiger partial charge is 0.462 e. The van der Waals surface area contributed by atoms with Crippen molar-refractivity contribution in [2.75, 3.05) is 6.61 Å². The first-order valence-electron chi connectivity index (χ1n) is 5.60. The quantitative estimate of drug-likeness (QED) is 0.631. The number of carbonyl (C=O) groups excluding carboxylic acids is 1. The Balaban J connectivity index is 2.21. The predicted molar refractivity (Wildman–Crippen MR) is 67.2 cm³/mol. The van der Waals surface area contributed by atoms with Crippen molar-refractivity contribution in [3.05, 3.63) is 29.3 Å². The molecular formula is C12H13ClO4S. The average molecular weight is 289 g/mol. The summed E-state index contributed by atoms with van der Waals surface area (Å²) in [6.07, 6.45) is 2.17. The van der Waals surface area contributed by atoms with Crippen LogP contribution < -0.4 is 0 Å². The molecule has 1 aromatic carbocycles. The van der Waals surface area contributed by atoms with Gasteiger partial charge in [0.2, 0.25) is 0 Å². The van der Waals surface area contributed by atoms with Gasteiger partial charge in [0, 0.05) is 10.7 Å². The predicted octanol–water partition coefficient (Wildman–Crippen LogP) is 2.49. The summed E-state index contributed by atoms with van der Waals surface area (Å²) in [5, 5.41) is 0. The molecule has 0 aromatic heterocycles. The van der Waals surface area contributed by atoms with Crippen molar-refractivity contribution >= 4 is 25.7 Å². The van der Waals surface area contributed by atoms with Crippen molar-refractivity contribution in [3.63, 3.8) is 0 Å². The number of benzene rings is 1. The minimum absolute atomic E-state index is 0.0810. The second-order valence-corrected chi connectivity index (χ2v) is 7.08. The molecule has 1 aliphatic carbocycles. The van der Waals surface area contributed by atoms with Crippen LogP contribution in [0.5, 0.6) is 0 Å². The standard InChI is InChI=1S/C12H13ClO4S/c1-8-4-10(6-11(5-8)18(13,15)16)12(14)17-7-9-2-3-9/h4-6,9H,2-3,7H2,1H3. The fraction of sp³-hybridized carbons (Fsp3) is 0.417. The number of hydrogen-bond acceptors (Lipinski definition) is 4. The monoisotopic (exact) mass is 288 g/mol. The molecule has 1 aromatic rings. The molecular weight excluding hydrogens is 276 g/mol. The van der Waals surface area contributed by atoms with Crippen LogP contribution in [0, 0.1) is 12.8 Å². The maximum absolute atomic E-state index is 11.7. The Morgan fingerprint density at radius 1 is 1.39 bits per heavy atom. The second kappa shape index (κ2) is 4.90. The van der Waals surface area contributed by atoms with E-state index in [1.165, 1.54) is 12.1 Å². The van der Waals surface area contributed by atoms with Gasteiger partial charge in [-0.15, -0.1) is 0 Å². The number of rotatable bonds is 4. The maximum Gasteiger partial charge on any atom is 0.338 e. The molecule has 0 radical (unpaired) electrons. The smallest absolute Gasteiger partial charge is 0.338 e. The molecule has 0 aliphatic heterocycles. The zero-order chi connectivity index (χ0) is 13.3. The lowest BCUT2D eigenvalue weighted by molar-refractivity contribution is 0.0485. The zero-order valence-corrected chi connectivity index (χ0v) is 11.4. The summed E-state index contributed by atoms with van der Waals surface area (Å²) in [5.41, 5.74) is 0.866. The van der Waals surface area contributed by atoms with E-state index >= 15 is 0 Å². The van der Waals surface area contributed by atoms with E-state index in [2.05, 4.69) is 0 Å². The fourth-order valence-corrected chi connectivity index (χ4v) is 2.43. The topological polar surface area (TPSA) is 60.4 Å². The lowest BCUT2D eigenvalue weighted by atomic mass is 10.1. The molecule has 1 aliphatic rings. The summed E-state index contributed by atoms with van der Waals surface area (Å²) < 4.78 is 27.6. The lowest BCUT2D eigenvalue weighted by Gasteiger charge is -2.06. The van der Waals surface area contributed by atoms with Gasteiger partial charge < -0.3 is 4.74 Å². The Morgan fingerprint density at radius 3 is 2.61 bits per heavy atom. The molecule has 1 saturated carbocycles. The average Bonchev–Trinajstić information content (AvgIpc) is 3.07. The number of halogens is 1. The molecule has 0 unspecified atom stereocenters. The van der Waals surface area contributed by atoms with Gasteiger partial charge in [-0.2, -0.15) is 0 Å². The molecule has 0 heterocycles. The van der Waals surface area contributed by atoms with E-state index in [0.717, 1.165) is 12.8 Å². The van der Waals surface area contributed by atoms with E-state index in [1.54, 1.807) is 13.0 Å². The highest BCUT2D eigenvalue weighted by molar-refractivity contribution is 8.13. The molecule has 0 atom stereocenters. The Kier molecular flexibility index (Phi) is 3.64. The highest BCUT2D eigenvalue weighted by Gasteiger charge is 2.24. The first-order valence-corrected chi connectivity index (χ1v) is 7.90. The van der Waals surface area contributed by atoms with Gasteiger partial charge in [0.05, 0.1) is 17.1 Å². The third-order valence-corrected chi connectivity index (χ3v) is 4.05. The van der Waals surface area contributed by atoms with Gasteiger partial charge in [0.1, 0.15) is 0 Å². The molecule has 18 heavy (non-hydrogen) atoms. The first-order chi connectivity index (χ1) is 8.36. The van der Waals surface area contributed by atoms with Gasteiger partial charge in [-0.25, -0.2) is 13.2 Å². The van der Waals surface area contributed by atoms with Crippen molar-refractivity contribution in [3.8, 4) is 0 Å². The molecule has 4 nitrogen and oxygen atoms in total. The van der Waals surface area contributed by atoms with E-state index in [4.69, 9.17) is 15.4 Å². The Hall–Kier alpha value is -1.07. The van der Waals surface area contributed by atoms with Gasteiger partial charge in [0.15, 0.2) is 0 Å². The molecule has 0 N–H and O–H groups in total. The van der Waals surface area contributed by atoms with Crippen molar-refractivity contribution in [2.24, 2.45) is 5.92 Å². The highest BCUT2D eigenvalue weighted by Crippen LogP contribution is 2.29. The molecule has 2 rings (SSSR count). The number of hydrogen-bond donors (Lipinski definition) is 0. The Labute approximate surface area is 110 Å². The van der Waals surface area contributed by atoms with Crippen LogP contribution in [-0.4, -0.2) is 21.0 Å². The van der Waals surface area contributed by atoms with Crippen LogP contribution in [0.2, 0.25) is 0 Å². The fourth-order valence-electron chi connectivity index (χ4n) is 1.57. The Morgan fingerprint density at radius 2 is 2.06 bits per heavy atom. The van der Waals surface area contributed by atoms with Crippen LogP contribution >= 0.6 is 10.7 Å². The summed E-state index contributed by atoms with van der Waals surface area (Å²) >= 11 is 0. The molecule has 1 fully saturated rings. The molecule has 0 saturated heterocycles. The molecule has 6 heteroatoms. The van der Waals surface area contributed by atoms with Crippen LogP contribution in [0.4, 0.5) is 0 Å². The van der Waals surface area contributed by atoms with Crippen molar-refractivity contribution in [2.45, 2.75) is 24.7 Å². The SMILES string of the molecule is Cc1cc(C(=O)OCC2CC2)cc(S(=O)(=O)Cl)c1. The van der Waals surface area contributed by atoms with Crippen molar-refractivity contribution in [1.82, 2.24) is 0 Å². The minimum Gasteiger partial charge on any atom is -0.462 e. The summed E-state index contributed by atoms with van der Waals surface area (Å²) in [6, 6.07) is 4.24. The van der Waals surface area contributed by atoms with Crippen LogP contribution in [0.15, 0.2) is 23.1 Å². The number of carbonyl (C=O) groups is 1. The van der Waals surface area contributed by atoms with Crippen molar-refractivity contribution < 1.29 is 17.9 Å². The van der Waals surface area contributed by atoms with Gasteiger partial charge in [0.25, 0.3) is 9.05 Å². The summed E-state index contributed by atoms with van der Waals surface area (Å²) in [7, 11) is 1.43. The van der Waals surface area contributed by atoms with E-state index in [1.807, 2.05) is 0 Å². The third kappa shape index (κ3) is 3.46.